The fourth-order valence-corrected chi connectivity index (χ4v) is 5.93. The average molecular weight is 403 g/mol. The van der Waals surface area contributed by atoms with E-state index in [0.717, 1.165) is 50.3 Å². The van der Waals surface area contributed by atoms with Crippen molar-refractivity contribution in [3.8, 4) is 5.75 Å². The summed E-state index contributed by atoms with van der Waals surface area (Å²) >= 11 is 0. The van der Waals surface area contributed by atoms with Crippen molar-refractivity contribution < 1.29 is 18.7 Å². The average Bonchev–Trinajstić information content (AvgIpc) is 3.11. The summed E-state index contributed by atoms with van der Waals surface area (Å²) in [5.74, 6) is 1.41. The van der Waals surface area contributed by atoms with Crippen LogP contribution >= 0.6 is 0 Å². The Kier molecular flexibility index (Phi) is 5.03. The normalized spacial score (nSPS) is 27.7. The summed E-state index contributed by atoms with van der Waals surface area (Å²) in [5, 5.41) is 0. The first-order chi connectivity index (χ1) is 14.1. The molecule has 4 fully saturated rings. The van der Waals surface area contributed by atoms with Crippen LogP contribution in [-0.4, -0.2) is 68.3 Å². The number of methoxy groups -OCH3 is 1. The van der Waals surface area contributed by atoms with Gasteiger partial charge in [0.25, 0.3) is 0 Å². The largest absolute Gasteiger partial charge is 0.496 e. The van der Waals surface area contributed by atoms with Gasteiger partial charge in [-0.3, -0.25) is 4.79 Å². The van der Waals surface area contributed by atoms with E-state index in [4.69, 9.17) is 9.47 Å². The quantitative estimate of drug-likeness (QED) is 0.776. The molecule has 5 rings (SSSR count). The number of carbonyl (C=O) groups excluding carboxylic acids is 1. The Hall–Kier alpha value is -1.66. The molecule has 6 heteroatoms. The SMILES string of the molecule is COc1ccc(F)cc1C1CCN(C2CCC3(C2)CN(C(=O)C2COC2)C3)CC1. The number of amides is 1. The van der Waals surface area contributed by atoms with Gasteiger partial charge in [0.15, 0.2) is 0 Å². The predicted molar refractivity (Wildman–Crippen MR) is 107 cm³/mol. The molecule has 1 aromatic carbocycles. The maximum absolute atomic E-state index is 13.8. The Morgan fingerprint density at radius 1 is 1.21 bits per heavy atom. The van der Waals surface area contributed by atoms with Crippen LogP contribution in [0.25, 0.3) is 0 Å². The van der Waals surface area contributed by atoms with E-state index < -0.39 is 0 Å². The number of hydrogen-bond acceptors (Lipinski definition) is 4. The zero-order valence-electron chi connectivity index (χ0n) is 17.2. The van der Waals surface area contributed by atoms with Gasteiger partial charge in [-0.15, -0.1) is 0 Å². The van der Waals surface area contributed by atoms with E-state index in [1.165, 1.54) is 25.3 Å². The lowest BCUT2D eigenvalue weighted by molar-refractivity contribution is -0.161. The Bertz CT molecular complexity index is 767. The van der Waals surface area contributed by atoms with Crippen molar-refractivity contribution in [1.82, 2.24) is 9.80 Å². The van der Waals surface area contributed by atoms with Crippen LogP contribution in [0.5, 0.6) is 5.75 Å². The third-order valence-corrected chi connectivity index (χ3v) is 7.71. The minimum absolute atomic E-state index is 0.114. The first-order valence-corrected chi connectivity index (χ1v) is 11.0. The molecular weight excluding hydrogens is 371 g/mol. The summed E-state index contributed by atoms with van der Waals surface area (Å²) in [4.78, 5) is 17.1. The van der Waals surface area contributed by atoms with E-state index in [1.54, 1.807) is 19.2 Å². The molecule has 0 aromatic heterocycles. The van der Waals surface area contributed by atoms with Crippen LogP contribution in [0, 0.1) is 17.2 Å². The van der Waals surface area contributed by atoms with Crippen molar-refractivity contribution in [1.29, 1.82) is 0 Å². The maximum atomic E-state index is 13.8. The Morgan fingerprint density at radius 2 is 1.97 bits per heavy atom. The highest BCUT2D eigenvalue weighted by Gasteiger charge is 2.52. The van der Waals surface area contributed by atoms with Crippen molar-refractivity contribution in [2.45, 2.75) is 44.1 Å². The lowest BCUT2D eigenvalue weighted by atomic mass is 9.77. The zero-order chi connectivity index (χ0) is 20.0. The second-order valence-electron chi connectivity index (χ2n) is 9.52. The molecular formula is C23H31FN2O3. The lowest BCUT2D eigenvalue weighted by Gasteiger charge is -2.50. The number of piperidine rings is 1. The van der Waals surface area contributed by atoms with E-state index in [2.05, 4.69) is 9.80 Å². The van der Waals surface area contributed by atoms with Crippen LogP contribution in [0.4, 0.5) is 4.39 Å². The molecule has 5 nitrogen and oxygen atoms in total. The molecule has 0 bridgehead atoms. The molecule has 0 N–H and O–H groups in total. The monoisotopic (exact) mass is 402 g/mol. The summed E-state index contributed by atoms with van der Waals surface area (Å²) in [6, 6.07) is 5.50. The molecule has 0 radical (unpaired) electrons. The minimum atomic E-state index is -0.182. The molecule has 1 aromatic rings. The number of ether oxygens (including phenoxy) is 2. The van der Waals surface area contributed by atoms with E-state index in [-0.39, 0.29) is 11.7 Å². The molecule has 1 amide bonds. The lowest BCUT2D eigenvalue weighted by Crippen LogP contribution is -2.61. The third-order valence-electron chi connectivity index (χ3n) is 7.71. The molecule has 4 aliphatic rings. The number of rotatable bonds is 4. The van der Waals surface area contributed by atoms with Crippen molar-refractivity contribution in [2.75, 3.05) is 46.5 Å². The Labute approximate surface area is 172 Å². The van der Waals surface area contributed by atoms with Gasteiger partial charge >= 0.3 is 0 Å². The standard InChI is InChI=1S/C23H31FN2O3/c1-28-21-3-2-18(24)10-20(21)16-5-8-25(9-6-16)19-4-7-23(11-19)14-26(15-23)22(27)17-12-29-13-17/h2-3,10,16-17,19H,4-9,11-15H2,1H3. The number of halogens is 1. The number of likely N-dealkylation sites (tertiary alicyclic amines) is 2. The molecule has 1 atom stereocenters. The Morgan fingerprint density at radius 3 is 2.62 bits per heavy atom. The third kappa shape index (κ3) is 3.55. The van der Waals surface area contributed by atoms with E-state index >= 15 is 0 Å². The summed E-state index contributed by atoms with van der Waals surface area (Å²) in [7, 11) is 1.66. The molecule has 1 saturated carbocycles. The minimum Gasteiger partial charge on any atom is -0.496 e. The summed E-state index contributed by atoms with van der Waals surface area (Å²) in [5.41, 5.74) is 1.37. The van der Waals surface area contributed by atoms with Crippen LogP contribution in [0.1, 0.15) is 43.6 Å². The molecule has 3 heterocycles. The second kappa shape index (κ2) is 7.55. The topological polar surface area (TPSA) is 42.0 Å². The Balaban J connectivity index is 1.14. The second-order valence-corrected chi connectivity index (χ2v) is 9.52. The van der Waals surface area contributed by atoms with E-state index in [0.29, 0.717) is 36.5 Å². The van der Waals surface area contributed by atoms with Crippen molar-refractivity contribution >= 4 is 5.91 Å². The highest BCUT2D eigenvalue weighted by molar-refractivity contribution is 5.80. The maximum Gasteiger partial charge on any atom is 0.230 e. The summed E-state index contributed by atoms with van der Waals surface area (Å²) < 4.78 is 24.4. The predicted octanol–water partition coefficient (Wildman–Crippen LogP) is 3.04. The van der Waals surface area contributed by atoms with E-state index in [1.807, 2.05) is 0 Å². The fraction of sp³-hybridized carbons (Fsp3) is 0.696. The summed E-state index contributed by atoms with van der Waals surface area (Å²) in [6.07, 6.45) is 5.79. The van der Waals surface area contributed by atoms with Crippen LogP contribution in [0.15, 0.2) is 18.2 Å². The number of nitrogens with zero attached hydrogens (tertiary/aromatic N) is 2. The van der Waals surface area contributed by atoms with Gasteiger partial charge in [-0.2, -0.15) is 0 Å². The van der Waals surface area contributed by atoms with Gasteiger partial charge in [-0.1, -0.05) is 0 Å². The van der Waals surface area contributed by atoms with Gasteiger partial charge in [0, 0.05) is 30.1 Å². The highest BCUT2D eigenvalue weighted by atomic mass is 19.1. The molecule has 1 spiro atoms. The van der Waals surface area contributed by atoms with Crippen molar-refractivity contribution in [3.63, 3.8) is 0 Å². The smallest absolute Gasteiger partial charge is 0.230 e. The highest BCUT2D eigenvalue weighted by Crippen LogP contribution is 2.48. The van der Waals surface area contributed by atoms with Gasteiger partial charge in [0.2, 0.25) is 5.91 Å². The van der Waals surface area contributed by atoms with Crippen LogP contribution in [0.3, 0.4) is 0 Å². The van der Waals surface area contributed by atoms with Gasteiger partial charge in [0.1, 0.15) is 11.6 Å². The van der Waals surface area contributed by atoms with Crippen molar-refractivity contribution in [3.05, 3.63) is 29.6 Å². The fourth-order valence-electron chi connectivity index (χ4n) is 5.93. The van der Waals surface area contributed by atoms with E-state index in [9.17, 15) is 9.18 Å². The first-order valence-electron chi connectivity index (χ1n) is 11.0. The molecule has 3 saturated heterocycles. The molecule has 1 aliphatic carbocycles. The number of carbonyl (C=O) groups is 1. The summed E-state index contributed by atoms with van der Waals surface area (Å²) in [6.45, 7) is 5.22. The number of hydrogen-bond donors (Lipinski definition) is 0. The van der Waals surface area contributed by atoms with Gasteiger partial charge in [-0.25, -0.2) is 4.39 Å². The van der Waals surface area contributed by atoms with Crippen molar-refractivity contribution in [2.24, 2.45) is 11.3 Å². The van der Waals surface area contributed by atoms with Crippen LogP contribution < -0.4 is 4.74 Å². The van der Waals surface area contributed by atoms with Crippen LogP contribution in [-0.2, 0) is 9.53 Å². The molecule has 1 unspecified atom stereocenters. The van der Waals surface area contributed by atoms with Gasteiger partial charge < -0.3 is 19.3 Å². The first kappa shape index (κ1) is 19.3. The molecule has 29 heavy (non-hydrogen) atoms. The van der Waals surface area contributed by atoms with Gasteiger partial charge in [-0.05, 0) is 69.3 Å². The van der Waals surface area contributed by atoms with Crippen LogP contribution in [0.2, 0.25) is 0 Å². The zero-order valence-corrected chi connectivity index (χ0v) is 17.2. The molecule has 158 valence electrons. The molecule has 3 aliphatic heterocycles. The van der Waals surface area contributed by atoms with Gasteiger partial charge in [0.05, 0.1) is 26.2 Å². The number of benzene rings is 1.